The van der Waals surface area contributed by atoms with Crippen LogP contribution in [0.4, 0.5) is 5.69 Å². The highest BCUT2D eigenvalue weighted by molar-refractivity contribution is 6.07. The molecular weight excluding hydrogens is 392 g/mol. The second-order valence-electron chi connectivity index (χ2n) is 7.11. The lowest BCUT2D eigenvalue weighted by atomic mass is 9.85. The number of amides is 3. The van der Waals surface area contributed by atoms with Gasteiger partial charge in [-0.3, -0.25) is 24.1 Å². The number of allylic oxidation sites excluding steroid dienone is 2. The first-order chi connectivity index (χ1) is 14.3. The number of esters is 1. The van der Waals surface area contributed by atoms with Gasteiger partial charge in [-0.25, -0.2) is 0 Å². The molecule has 9 heteroatoms. The zero-order chi connectivity index (χ0) is 21.8. The Kier molecular flexibility index (Phi) is 6.39. The van der Waals surface area contributed by atoms with Crippen LogP contribution in [-0.2, 0) is 23.9 Å². The molecule has 0 saturated carbocycles. The van der Waals surface area contributed by atoms with E-state index in [0.717, 1.165) is 4.90 Å². The van der Waals surface area contributed by atoms with Crippen LogP contribution >= 0.6 is 0 Å². The lowest BCUT2D eigenvalue weighted by Gasteiger charge is -2.17. The third-order valence-electron chi connectivity index (χ3n) is 5.21. The van der Waals surface area contributed by atoms with Crippen molar-refractivity contribution in [1.29, 1.82) is 0 Å². The number of hydrogen-bond acceptors (Lipinski definition) is 7. The summed E-state index contributed by atoms with van der Waals surface area (Å²) in [5.74, 6) is -2.01. The van der Waals surface area contributed by atoms with E-state index in [0.29, 0.717) is 30.0 Å². The molecule has 0 bridgehead atoms. The number of fused-ring (bicyclic) bond motifs is 1. The molecule has 1 fully saturated rings. The molecule has 1 saturated heterocycles. The van der Waals surface area contributed by atoms with Gasteiger partial charge in [-0.15, -0.1) is 0 Å². The number of carbonyl (C=O) groups is 4. The van der Waals surface area contributed by atoms with Crippen molar-refractivity contribution in [2.45, 2.75) is 25.9 Å². The zero-order valence-corrected chi connectivity index (χ0v) is 17.0. The smallest absolute Gasteiger partial charge is 0.326 e. The molecule has 1 aromatic rings. The Balaban J connectivity index is 1.56. The minimum absolute atomic E-state index is 0.367. The van der Waals surface area contributed by atoms with Gasteiger partial charge in [0.15, 0.2) is 17.6 Å². The highest BCUT2D eigenvalue weighted by atomic mass is 16.5. The Morgan fingerprint density at radius 3 is 2.23 bits per heavy atom. The molecule has 1 N–H and O–H groups in total. The number of ether oxygens (including phenoxy) is 3. The van der Waals surface area contributed by atoms with Gasteiger partial charge in [0.25, 0.3) is 5.91 Å². The van der Waals surface area contributed by atoms with Crippen LogP contribution in [0.15, 0.2) is 30.4 Å². The monoisotopic (exact) mass is 416 g/mol. The Bertz CT molecular complexity index is 869. The van der Waals surface area contributed by atoms with Crippen molar-refractivity contribution >= 4 is 29.4 Å². The molecule has 3 atom stereocenters. The number of rotatable bonds is 7. The molecule has 0 unspecified atom stereocenters. The molecule has 0 radical (unpaired) electrons. The summed E-state index contributed by atoms with van der Waals surface area (Å²) < 4.78 is 15.5. The van der Waals surface area contributed by atoms with Crippen LogP contribution < -0.4 is 14.8 Å². The van der Waals surface area contributed by atoms with E-state index in [1.54, 1.807) is 18.2 Å². The summed E-state index contributed by atoms with van der Waals surface area (Å²) in [5.41, 5.74) is 0.432. The topological polar surface area (TPSA) is 111 Å². The fourth-order valence-corrected chi connectivity index (χ4v) is 3.60. The molecule has 30 heavy (non-hydrogen) atoms. The zero-order valence-electron chi connectivity index (χ0n) is 17.0. The Morgan fingerprint density at radius 1 is 1.07 bits per heavy atom. The van der Waals surface area contributed by atoms with Crippen molar-refractivity contribution in [1.82, 2.24) is 4.90 Å². The molecule has 0 aromatic heterocycles. The van der Waals surface area contributed by atoms with E-state index in [2.05, 4.69) is 5.32 Å². The van der Waals surface area contributed by atoms with Crippen LogP contribution in [0.2, 0.25) is 0 Å². The van der Waals surface area contributed by atoms with E-state index in [4.69, 9.17) is 14.2 Å². The number of nitrogens with zero attached hydrogens (tertiary/aromatic N) is 1. The van der Waals surface area contributed by atoms with Gasteiger partial charge in [-0.2, -0.15) is 0 Å². The normalized spacial score (nSPS) is 21.1. The van der Waals surface area contributed by atoms with Gasteiger partial charge in [0.2, 0.25) is 11.8 Å². The summed E-state index contributed by atoms with van der Waals surface area (Å²) in [4.78, 5) is 50.4. The number of likely N-dealkylation sites (tertiary alicyclic amines) is 1. The molecular formula is C21H24N2O7. The van der Waals surface area contributed by atoms with Crippen molar-refractivity contribution in [2.75, 3.05) is 26.1 Å². The maximum Gasteiger partial charge on any atom is 0.326 e. The van der Waals surface area contributed by atoms with Crippen LogP contribution in [0.25, 0.3) is 0 Å². The van der Waals surface area contributed by atoms with Crippen LogP contribution in [0.5, 0.6) is 11.5 Å². The number of imide groups is 1. The van der Waals surface area contributed by atoms with Crippen LogP contribution in [0, 0.1) is 11.8 Å². The molecule has 1 aliphatic heterocycles. The van der Waals surface area contributed by atoms with Crippen molar-refractivity contribution in [2.24, 2.45) is 11.8 Å². The van der Waals surface area contributed by atoms with Crippen molar-refractivity contribution in [3.63, 3.8) is 0 Å². The first-order valence-electron chi connectivity index (χ1n) is 9.58. The lowest BCUT2D eigenvalue weighted by Crippen LogP contribution is -2.39. The summed E-state index contributed by atoms with van der Waals surface area (Å²) in [7, 11) is 2.97. The standard InChI is InChI=1S/C21H24N2O7/c1-12(19(25)22-13-8-9-16(28-2)17(10-13)29-3)30-18(24)11-23-20(26)14-6-4-5-7-15(14)21(23)27/h4-5,8-10,12,14-15H,6-7,11H2,1-3H3,(H,22,25)/t12-,14-,15+/m1/s1. The summed E-state index contributed by atoms with van der Waals surface area (Å²) in [6.07, 6.45) is 3.60. The molecule has 9 nitrogen and oxygen atoms in total. The number of anilines is 1. The largest absolute Gasteiger partial charge is 0.493 e. The third-order valence-corrected chi connectivity index (χ3v) is 5.21. The van der Waals surface area contributed by atoms with Gasteiger partial charge < -0.3 is 19.5 Å². The summed E-state index contributed by atoms with van der Waals surface area (Å²) in [6.45, 7) is 0.907. The molecule has 160 valence electrons. The maximum atomic E-state index is 12.4. The Hall–Kier alpha value is -3.36. The fourth-order valence-electron chi connectivity index (χ4n) is 3.60. The number of methoxy groups -OCH3 is 2. The minimum Gasteiger partial charge on any atom is -0.493 e. The number of hydrogen-bond donors (Lipinski definition) is 1. The van der Waals surface area contributed by atoms with E-state index in [-0.39, 0.29) is 11.8 Å². The summed E-state index contributed by atoms with van der Waals surface area (Å²) in [6, 6.07) is 4.82. The Labute approximate surface area is 174 Å². The van der Waals surface area contributed by atoms with Crippen molar-refractivity contribution < 1.29 is 33.4 Å². The fraction of sp³-hybridized carbons (Fsp3) is 0.429. The average molecular weight is 416 g/mol. The second kappa shape index (κ2) is 8.98. The van der Waals surface area contributed by atoms with Crippen LogP contribution in [-0.4, -0.2) is 55.5 Å². The SMILES string of the molecule is COc1ccc(NC(=O)[C@@H](C)OC(=O)CN2C(=O)[C@H]3CC=CC[C@H]3C2=O)cc1OC. The number of carbonyl (C=O) groups excluding carboxylic acids is 4. The molecule has 1 aromatic carbocycles. The van der Waals surface area contributed by atoms with E-state index in [1.165, 1.54) is 21.1 Å². The average Bonchev–Trinajstić information content (AvgIpc) is 2.98. The van der Waals surface area contributed by atoms with Crippen molar-refractivity contribution in [3.8, 4) is 11.5 Å². The van der Waals surface area contributed by atoms with E-state index >= 15 is 0 Å². The minimum atomic E-state index is -1.12. The first kappa shape index (κ1) is 21.4. The maximum absolute atomic E-state index is 12.4. The van der Waals surface area contributed by atoms with Gasteiger partial charge >= 0.3 is 5.97 Å². The Morgan fingerprint density at radius 2 is 1.67 bits per heavy atom. The molecule has 0 spiro atoms. The predicted octanol–water partition coefficient (Wildman–Crippen LogP) is 1.53. The van der Waals surface area contributed by atoms with Gasteiger partial charge in [-0.1, -0.05) is 12.2 Å². The van der Waals surface area contributed by atoms with Gasteiger partial charge in [-0.05, 0) is 31.9 Å². The highest BCUT2D eigenvalue weighted by Crippen LogP contribution is 2.35. The van der Waals surface area contributed by atoms with E-state index in [9.17, 15) is 19.2 Å². The molecule has 2 aliphatic rings. The summed E-state index contributed by atoms with van der Waals surface area (Å²) >= 11 is 0. The number of nitrogens with one attached hydrogen (secondary N) is 1. The summed E-state index contributed by atoms with van der Waals surface area (Å²) in [5, 5.41) is 2.62. The van der Waals surface area contributed by atoms with Gasteiger partial charge in [0.1, 0.15) is 6.54 Å². The molecule has 3 rings (SSSR count). The third kappa shape index (κ3) is 4.29. The molecule has 3 amide bonds. The second-order valence-corrected chi connectivity index (χ2v) is 7.11. The lowest BCUT2D eigenvalue weighted by molar-refractivity contribution is -0.158. The predicted molar refractivity (Wildman–Crippen MR) is 106 cm³/mol. The highest BCUT2D eigenvalue weighted by Gasteiger charge is 2.47. The van der Waals surface area contributed by atoms with E-state index < -0.39 is 36.4 Å². The molecule has 1 aliphatic carbocycles. The number of benzene rings is 1. The first-order valence-corrected chi connectivity index (χ1v) is 9.58. The molecule has 1 heterocycles. The van der Waals surface area contributed by atoms with Gasteiger partial charge in [0.05, 0.1) is 26.1 Å². The quantitative estimate of drug-likeness (QED) is 0.408. The van der Waals surface area contributed by atoms with E-state index in [1.807, 2.05) is 12.2 Å². The van der Waals surface area contributed by atoms with Crippen molar-refractivity contribution in [3.05, 3.63) is 30.4 Å². The van der Waals surface area contributed by atoms with Crippen LogP contribution in [0.3, 0.4) is 0 Å². The van der Waals surface area contributed by atoms with Gasteiger partial charge in [0, 0.05) is 11.8 Å². The van der Waals surface area contributed by atoms with Crippen LogP contribution in [0.1, 0.15) is 19.8 Å².